The van der Waals surface area contributed by atoms with Crippen LogP contribution in [0.3, 0.4) is 0 Å². The number of amides is 2. The van der Waals surface area contributed by atoms with Crippen LogP contribution in [0.5, 0.6) is 0 Å². The molecule has 0 spiro atoms. The van der Waals surface area contributed by atoms with Crippen molar-refractivity contribution in [2.75, 3.05) is 32.1 Å². The minimum absolute atomic E-state index is 0.0472. The number of rotatable bonds is 7. The van der Waals surface area contributed by atoms with E-state index < -0.39 is 0 Å². The first-order valence-corrected chi connectivity index (χ1v) is 7.12. The molecule has 0 aliphatic heterocycles. The SMILES string of the molecule is COCCCN(CC(=O)Nc1cccc(Br)c1)C(C)=O. The number of carbonyl (C=O) groups excluding carboxylic acids is 2. The van der Waals surface area contributed by atoms with Crippen LogP contribution in [-0.2, 0) is 14.3 Å². The molecule has 110 valence electrons. The highest BCUT2D eigenvalue weighted by molar-refractivity contribution is 9.10. The van der Waals surface area contributed by atoms with Crippen molar-refractivity contribution in [1.29, 1.82) is 0 Å². The Morgan fingerprint density at radius 3 is 2.75 bits per heavy atom. The predicted molar refractivity (Wildman–Crippen MR) is 81.5 cm³/mol. The summed E-state index contributed by atoms with van der Waals surface area (Å²) >= 11 is 3.34. The second-order valence-corrected chi connectivity index (χ2v) is 5.26. The van der Waals surface area contributed by atoms with E-state index in [-0.39, 0.29) is 18.4 Å². The van der Waals surface area contributed by atoms with Gasteiger partial charge in [0.1, 0.15) is 0 Å². The number of nitrogens with zero attached hydrogens (tertiary/aromatic N) is 1. The molecule has 1 rings (SSSR count). The highest BCUT2D eigenvalue weighted by atomic mass is 79.9. The standard InChI is InChI=1S/C14H19BrN2O3/c1-11(18)17(7-4-8-20-2)10-14(19)16-13-6-3-5-12(15)9-13/h3,5-6,9H,4,7-8,10H2,1-2H3,(H,16,19). The molecule has 0 aliphatic rings. The second-order valence-electron chi connectivity index (χ2n) is 4.35. The Hall–Kier alpha value is -1.40. The zero-order valence-corrected chi connectivity index (χ0v) is 13.3. The van der Waals surface area contributed by atoms with Crippen LogP contribution in [0.1, 0.15) is 13.3 Å². The average Bonchev–Trinajstić information content (AvgIpc) is 2.37. The molecule has 1 aromatic rings. The van der Waals surface area contributed by atoms with Crippen LogP contribution in [0.4, 0.5) is 5.69 Å². The van der Waals surface area contributed by atoms with Gasteiger partial charge in [-0.2, -0.15) is 0 Å². The largest absolute Gasteiger partial charge is 0.385 e. The van der Waals surface area contributed by atoms with Gasteiger partial charge in [-0.3, -0.25) is 9.59 Å². The summed E-state index contributed by atoms with van der Waals surface area (Å²) in [7, 11) is 1.61. The van der Waals surface area contributed by atoms with Crippen molar-refractivity contribution in [3.63, 3.8) is 0 Å². The minimum Gasteiger partial charge on any atom is -0.385 e. The number of hydrogen-bond donors (Lipinski definition) is 1. The van der Waals surface area contributed by atoms with Crippen LogP contribution in [0.15, 0.2) is 28.7 Å². The van der Waals surface area contributed by atoms with E-state index in [1.54, 1.807) is 19.2 Å². The second kappa shape index (κ2) is 8.71. The topological polar surface area (TPSA) is 58.6 Å². The van der Waals surface area contributed by atoms with Crippen LogP contribution in [-0.4, -0.2) is 43.5 Å². The van der Waals surface area contributed by atoms with Crippen LogP contribution in [0.2, 0.25) is 0 Å². The van der Waals surface area contributed by atoms with Gasteiger partial charge in [-0.05, 0) is 24.6 Å². The van der Waals surface area contributed by atoms with Gasteiger partial charge in [0.05, 0.1) is 6.54 Å². The van der Waals surface area contributed by atoms with E-state index in [2.05, 4.69) is 21.2 Å². The van der Waals surface area contributed by atoms with E-state index in [0.717, 1.165) is 4.47 Å². The molecule has 0 saturated heterocycles. The van der Waals surface area contributed by atoms with Gasteiger partial charge in [-0.15, -0.1) is 0 Å². The number of nitrogens with one attached hydrogen (secondary N) is 1. The van der Waals surface area contributed by atoms with Gasteiger partial charge in [-0.25, -0.2) is 0 Å². The molecule has 20 heavy (non-hydrogen) atoms. The molecule has 0 radical (unpaired) electrons. The maximum absolute atomic E-state index is 11.9. The first-order chi connectivity index (χ1) is 9.52. The van der Waals surface area contributed by atoms with E-state index in [9.17, 15) is 9.59 Å². The Bertz CT molecular complexity index is 465. The molecule has 1 N–H and O–H groups in total. The molecular formula is C14H19BrN2O3. The third kappa shape index (κ3) is 6.16. The molecule has 0 unspecified atom stereocenters. The van der Waals surface area contributed by atoms with Gasteiger partial charge < -0.3 is 15.0 Å². The highest BCUT2D eigenvalue weighted by Crippen LogP contribution is 2.15. The van der Waals surface area contributed by atoms with Crippen molar-refractivity contribution < 1.29 is 14.3 Å². The van der Waals surface area contributed by atoms with Crippen molar-refractivity contribution in [3.8, 4) is 0 Å². The van der Waals surface area contributed by atoms with Crippen molar-refractivity contribution in [1.82, 2.24) is 4.90 Å². The van der Waals surface area contributed by atoms with E-state index >= 15 is 0 Å². The summed E-state index contributed by atoms with van der Waals surface area (Å²) in [4.78, 5) is 24.9. The minimum atomic E-state index is -0.212. The number of methoxy groups -OCH3 is 1. The number of benzene rings is 1. The summed E-state index contributed by atoms with van der Waals surface area (Å²) in [5.41, 5.74) is 0.699. The molecule has 0 aromatic heterocycles. The Morgan fingerprint density at radius 2 is 2.15 bits per heavy atom. The number of ether oxygens (including phenoxy) is 1. The molecule has 0 heterocycles. The van der Waals surface area contributed by atoms with Gasteiger partial charge in [-0.1, -0.05) is 22.0 Å². The van der Waals surface area contributed by atoms with Crippen LogP contribution in [0.25, 0.3) is 0 Å². The molecule has 0 aliphatic carbocycles. The Labute approximate surface area is 127 Å². The quantitative estimate of drug-likeness (QED) is 0.773. The summed E-state index contributed by atoms with van der Waals surface area (Å²) in [6.45, 7) is 2.58. The molecule has 0 atom stereocenters. The third-order valence-electron chi connectivity index (χ3n) is 2.66. The zero-order valence-electron chi connectivity index (χ0n) is 11.7. The lowest BCUT2D eigenvalue weighted by Crippen LogP contribution is -2.37. The van der Waals surface area contributed by atoms with E-state index in [0.29, 0.717) is 25.3 Å². The van der Waals surface area contributed by atoms with Crippen molar-refractivity contribution in [3.05, 3.63) is 28.7 Å². The lowest BCUT2D eigenvalue weighted by atomic mass is 10.3. The van der Waals surface area contributed by atoms with Gasteiger partial charge in [0, 0.05) is 37.3 Å². The summed E-state index contributed by atoms with van der Waals surface area (Å²) in [6.07, 6.45) is 0.709. The average molecular weight is 343 g/mol. The number of hydrogen-bond acceptors (Lipinski definition) is 3. The van der Waals surface area contributed by atoms with Gasteiger partial charge in [0.25, 0.3) is 0 Å². The lowest BCUT2D eigenvalue weighted by Gasteiger charge is -2.20. The predicted octanol–water partition coefficient (Wildman–Crippen LogP) is 2.27. The molecular weight excluding hydrogens is 324 g/mol. The van der Waals surface area contributed by atoms with Crippen LogP contribution < -0.4 is 5.32 Å². The molecule has 0 saturated carbocycles. The first kappa shape index (κ1) is 16.7. The molecule has 0 fully saturated rings. The first-order valence-electron chi connectivity index (χ1n) is 6.33. The molecule has 0 bridgehead atoms. The zero-order chi connectivity index (χ0) is 15.0. The Morgan fingerprint density at radius 1 is 1.40 bits per heavy atom. The molecule has 2 amide bonds. The van der Waals surface area contributed by atoms with Crippen molar-refractivity contribution >= 4 is 33.4 Å². The number of anilines is 1. The molecule has 1 aromatic carbocycles. The summed E-state index contributed by atoms with van der Waals surface area (Å²) in [6, 6.07) is 7.32. The highest BCUT2D eigenvalue weighted by Gasteiger charge is 2.13. The van der Waals surface area contributed by atoms with E-state index in [1.165, 1.54) is 11.8 Å². The Balaban J connectivity index is 2.51. The van der Waals surface area contributed by atoms with Crippen LogP contribution >= 0.6 is 15.9 Å². The summed E-state index contributed by atoms with van der Waals surface area (Å²) in [5, 5.41) is 2.76. The lowest BCUT2D eigenvalue weighted by molar-refractivity contribution is -0.132. The van der Waals surface area contributed by atoms with E-state index in [4.69, 9.17) is 4.74 Å². The van der Waals surface area contributed by atoms with Gasteiger partial charge in [0.2, 0.25) is 11.8 Å². The van der Waals surface area contributed by atoms with Crippen LogP contribution in [0, 0.1) is 0 Å². The third-order valence-corrected chi connectivity index (χ3v) is 3.16. The van der Waals surface area contributed by atoms with E-state index in [1.807, 2.05) is 12.1 Å². The van der Waals surface area contributed by atoms with Gasteiger partial charge >= 0.3 is 0 Å². The van der Waals surface area contributed by atoms with Crippen molar-refractivity contribution in [2.24, 2.45) is 0 Å². The molecule has 5 nitrogen and oxygen atoms in total. The maximum Gasteiger partial charge on any atom is 0.243 e. The fourth-order valence-corrected chi connectivity index (χ4v) is 2.09. The normalized spacial score (nSPS) is 10.2. The van der Waals surface area contributed by atoms with Crippen molar-refractivity contribution in [2.45, 2.75) is 13.3 Å². The molecule has 6 heteroatoms. The monoisotopic (exact) mass is 342 g/mol. The smallest absolute Gasteiger partial charge is 0.243 e. The maximum atomic E-state index is 11.9. The fraction of sp³-hybridized carbons (Fsp3) is 0.429. The summed E-state index contributed by atoms with van der Waals surface area (Å²) in [5.74, 6) is -0.332. The fourth-order valence-electron chi connectivity index (χ4n) is 1.69. The number of carbonyl (C=O) groups is 2. The summed E-state index contributed by atoms with van der Waals surface area (Å²) < 4.78 is 5.83. The van der Waals surface area contributed by atoms with Gasteiger partial charge in [0.15, 0.2) is 0 Å². The number of halogens is 1. The Kier molecular flexibility index (Phi) is 7.25.